The summed E-state index contributed by atoms with van der Waals surface area (Å²) in [6, 6.07) is 0. The smallest absolute Gasteiger partial charge is 0.00197 e. The van der Waals surface area contributed by atoms with Crippen LogP contribution in [0.25, 0.3) is 0 Å². The minimum Gasteiger partial charge on any atom is -0.0955 e. The first-order valence-electron chi connectivity index (χ1n) is 31.5. The SMILES string of the molecule is C=C1C=C2C(=C)C3=CC(=C)CC3=C2C1.C=C1C=C2CC(=C)C=C2C1.C=C1C=C2CC3=CC(=C)CC3=C2C1.C=C1C=CC(=C)C1.C=C1C=CC(=C)C1=C.C=C1C=CC(=C)C1=C.C=C1C=CC1=C.C=C1C=CC2=C1C=CC2=C.C=C1C=CCC1=C.C=C1CC=C2C(=C)CC=C12. The van der Waals surface area contributed by atoms with E-state index in [1.165, 1.54) is 128 Å². The van der Waals surface area contributed by atoms with Crippen LogP contribution in [-0.4, -0.2) is 0 Å². The Morgan fingerprint density at radius 2 is 0.538 bits per heavy atom. The molecular formula is C93H90. The highest BCUT2D eigenvalue weighted by Gasteiger charge is 2.34. The summed E-state index contributed by atoms with van der Waals surface area (Å²) in [5.74, 6) is 0. The number of hydrogen-bond acceptors (Lipinski definition) is 0. The van der Waals surface area contributed by atoms with Crippen LogP contribution in [0, 0.1) is 0 Å². The van der Waals surface area contributed by atoms with E-state index >= 15 is 0 Å². The fraction of sp³-hybridized carbons (Fsp3) is 0.118. The molecule has 0 aliphatic heterocycles. The molecule has 17 aliphatic rings. The molecule has 17 aliphatic carbocycles. The molecular weight excluding hydrogens is 1120 g/mol. The van der Waals surface area contributed by atoms with Crippen LogP contribution >= 0.6 is 0 Å². The van der Waals surface area contributed by atoms with Gasteiger partial charge in [-0.1, -0.05) is 330 Å². The number of allylic oxidation sites excluding steroid dienone is 59. The molecule has 0 aromatic heterocycles. The molecule has 17 rings (SSSR count). The highest BCUT2D eigenvalue weighted by Crippen LogP contribution is 2.52. The van der Waals surface area contributed by atoms with Crippen molar-refractivity contribution in [2.75, 3.05) is 0 Å². The first kappa shape index (κ1) is 68.3. The van der Waals surface area contributed by atoms with E-state index in [-0.39, 0.29) is 0 Å². The Morgan fingerprint density at radius 3 is 0.828 bits per heavy atom. The molecule has 0 radical (unpaired) electrons. The Morgan fingerprint density at radius 1 is 0.204 bits per heavy atom. The van der Waals surface area contributed by atoms with Crippen LogP contribution in [-0.2, 0) is 0 Å². The topological polar surface area (TPSA) is 0 Å². The van der Waals surface area contributed by atoms with Crippen LogP contribution in [0.1, 0.15) is 70.6 Å². The third-order valence-corrected chi connectivity index (χ3v) is 17.9. The number of hydrogen-bond donors (Lipinski definition) is 0. The Labute approximate surface area is 558 Å². The molecule has 0 bridgehead atoms. The lowest BCUT2D eigenvalue weighted by Gasteiger charge is -2.05. The molecule has 0 saturated carbocycles. The average molecular weight is 1210 g/mol. The second-order valence-electron chi connectivity index (χ2n) is 25.4. The lowest BCUT2D eigenvalue weighted by molar-refractivity contribution is 1.17. The zero-order chi connectivity index (χ0) is 67.7. The van der Waals surface area contributed by atoms with Gasteiger partial charge < -0.3 is 0 Å². The molecule has 0 saturated heterocycles. The predicted octanol–water partition coefficient (Wildman–Crippen LogP) is 25.4. The third-order valence-electron chi connectivity index (χ3n) is 17.9. The van der Waals surface area contributed by atoms with Crippen LogP contribution < -0.4 is 0 Å². The van der Waals surface area contributed by atoms with Gasteiger partial charge in [0.2, 0.25) is 0 Å². The fourth-order valence-corrected chi connectivity index (χ4v) is 12.3. The van der Waals surface area contributed by atoms with Crippen molar-refractivity contribution in [1.82, 2.24) is 0 Å². The summed E-state index contributed by atoms with van der Waals surface area (Å²) in [5, 5.41) is 0. The first-order chi connectivity index (χ1) is 44.1. The third kappa shape index (κ3) is 16.7. The molecule has 0 heterocycles. The van der Waals surface area contributed by atoms with Crippen LogP contribution in [0.3, 0.4) is 0 Å². The van der Waals surface area contributed by atoms with E-state index in [9.17, 15) is 0 Å². The molecule has 462 valence electrons. The fourth-order valence-electron chi connectivity index (χ4n) is 12.3. The number of rotatable bonds is 0. The van der Waals surface area contributed by atoms with Gasteiger partial charge in [-0.3, -0.25) is 0 Å². The van der Waals surface area contributed by atoms with Gasteiger partial charge in [0.15, 0.2) is 0 Å². The van der Waals surface area contributed by atoms with E-state index in [0.717, 1.165) is 138 Å². The van der Waals surface area contributed by atoms with Crippen LogP contribution in [0.2, 0.25) is 0 Å². The standard InChI is InChI=1S/C14H12.C13H12.2C10H10.C10H8.2C8H8.2C7H8.C6H6/c1-8-4-11-10(3)12-5-9(2)7-14(12)13(11)6-8;1-8-3-10-7-11-4-9(2)6-13(11)12(10)5-8;1-7-3-9-5-8(2)6-10(9)4-7;2*1-7-3-5-10-8(2)4-6-9(7)10;2*1-6-4-5-7(2)8(6)3;1-6-3-4-7(2)5-6;1-6-4-3-5-7(6)2;1-5-3-4-6(5)2/h4-5H,1-3,6-7H2;3-4H,1-2,5-7H2;3,6H,1-2,4-5H2;5-6H,1-4H2;3-6H,1-2H2;2*4-5H,1-3H2;2*3-4H,1-2,5H2;3-4H,1-2H2. The van der Waals surface area contributed by atoms with Crippen molar-refractivity contribution < 1.29 is 0 Å². The van der Waals surface area contributed by atoms with Crippen molar-refractivity contribution in [1.29, 1.82) is 0 Å². The summed E-state index contributed by atoms with van der Waals surface area (Å²) in [4.78, 5) is 0. The van der Waals surface area contributed by atoms with Gasteiger partial charge >= 0.3 is 0 Å². The van der Waals surface area contributed by atoms with Crippen molar-refractivity contribution in [3.63, 3.8) is 0 Å². The second-order valence-corrected chi connectivity index (χ2v) is 25.4. The quantitative estimate of drug-likeness (QED) is 0.227. The lowest BCUT2D eigenvalue weighted by Crippen LogP contribution is -1.86. The van der Waals surface area contributed by atoms with Crippen LogP contribution in [0.4, 0.5) is 0 Å². The summed E-state index contributed by atoms with van der Waals surface area (Å²) >= 11 is 0. The summed E-state index contributed by atoms with van der Waals surface area (Å²) < 4.78 is 0. The van der Waals surface area contributed by atoms with Gasteiger partial charge in [-0.25, -0.2) is 0 Å². The molecule has 0 unspecified atom stereocenters. The highest BCUT2D eigenvalue weighted by molar-refractivity contribution is 5.79. The molecule has 0 heteroatoms. The summed E-state index contributed by atoms with van der Waals surface area (Å²) in [6.07, 6.45) is 57.0. The van der Waals surface area contributed by atoms with Gasteiger partial charge in [0.05, 0.1) is 0 Å². The van der Waals surface area contributed by atoms with Crippen molar-refractivity contribution >= 4 is 0 Å². The Kier molecular flexibility index (Phi) is 21.7. The van der Waals surface area contributed by atoms with E-state index in [2.05, 4.69) is 218 Å². The zero-order valence-corrected chi connectivity index (χ0v) is 55.2. The Hall–Kier alpha value is -10.7. The predicted molar refractivity (Wildman–Crippen MR) is 411 cm³/mol. The molecule has 0 atom stereocenters. The number of fused-ring (bicyclic) bond motifs is 6. The first-order valence-corrected chi connectivity index (χ1v) is 31.5. The largest absolute Gasteiger partial charge is 0.0955 e. The van der Waals surface area contributed by atoms with Gasteiger partial charge in [0.1, 0.15) is 0 Å². The Balaban J connectivity index is 0.000000134. The van der Waals surface area contributed by atoms with Gasteiger partial charge in [-0.2, -0.15) is 0 Å². The average Bonchev–Trinajstić information content (AvgIpc) is 1.60. The highest BCUT2D eigenvalue weighted by atomic mass is 14.4. The molecule has 0 aromatic rings. The molecule has 0 fully saturated rings. The summed E-state index contributed by atoms with van der Waals surface area (Å²) in [6.45, 7) is 88.6. The molecule has 93 heavy (non-hydrogen) atoms. The molecule has 0 spiro atoms. The Bertz CT molecular complexity index is 4090. The zero-order valence-electron chi connectivity index (χ0n) is 55.2. The van der Waals surface area contributed by atoms with E-state index in [1.807, 2.05) is 66.8 Å². The maximum Gasteiger partial charge on any atom is -0.00197 e. The normalized spacial score (nSPS) is 21.4. The van der Waals surface area contributed by atoms with Crippen LogP contribution in [0.5, 0.6) is 0 Å². The molecule has 0 nitrogen and oxygen atoms in total. The van der Waals surface area contributed by atoms with Crippen molar-refractivity contribution in [2.24, 2.45) is 0 Å². The van der Waals surface area contributed by atoms with Crippen LogP contribution in [0.15, 0.2) is 491 Å². The minimum atomic E-state index is 0.963. The lowest BCUT2D eigenvalue weighted by atomic mass is 10.00. The summed E-state index contributed by atoms with van der Waals surface area (Å²) in [5.41, 5.74) is 45.6. The second kappa shape index (κ2) is 29.5. The van der Waals surface area contributed by atoms with E-state index < -0.39 is 0 Å². The summed E-state index contributed by atoms with van der Waals surface area (Å²) in [7, 11) is 0. The van der Waals surface area contributed by atoms with E-state index in [0.29, 0.717) is 0 Å². The molecule has 0 N–H and O–H groups in total. The molecule has 0 aromatic carbocycles. The van der Waals surface area contributed by atoms with E-state index in [1.54, 1.807) is 11.1 Å². The van der Waals surface area contributed by atoms with Crippen molar-refractivity contribution in [3.8, 4) is 0 Å². The van der Waals surface area contributed by atoms with Crippen molar-refractivity contribution in [2.45, 2.75) is 70.6 Å². The van der Waals surface area contributed by atoms with E-state index in [4.69, 9.17) is 0 Å². The van der Waals surface area contributed by atoms with Crippen molar-refractivity contribution in [3.05, 3.63) is 491 Å². The van der Waals surface area contributed by atoms with Gasteiger partial charge in [-0.05, 0) is 232 Å². The minimum absolute atomic E-state index is 0.963. The maximum absolute atomic E-state index is 4.15. The van der Waals surface area contributed by atoms with Gasteiger partial charge in [0.25, 0.3) is 0 Å². The maximum atomic E-state index is 4.15. The molecule has 0 amide bonds. The monoisotopic (exact) mass is 1210 g/mol. The van der Waals surface area contributed by atoms with Gasteiger partial charge in [0, 0.05) is 0 Å². The van der Waals surface area contributed by atoms with Gasteiger partial charge in [-0.15, -0.1) is 0 Å².